The number of benzene rings is 1. The SMILES string of the molecule is Fc1ccc(-c2ncnc3[nH]ccc23)c(Cl)c1. The van der Waals surface area contributed by atoms with Crippen molar-refractivity contribution in [2.24, 2.45) is 0 Å². The molecule has 17 heavy (non-hydrogen) atoms. The minimum atomic E-state index is -0.363. The molecule has 0 fully saturated rings. The average Bonchev–Trinajstić information content (AvgIpc) is 2.77. The Kier molecular flexibility index (Phi) is 2.30. The highest BCUT2D eigenvalue weighted by Gasteiger charge is 2.10. The lowest BCUT2D eigenvalue weighted by atomic mass is 10.1. The Labute approximate surface area is 101 Å². The zero-order valence-corrected chi connectivity index (χ0v) is 9.37. The van der Waals surface area contributed by atoms with Crippen LogP contribution >= 0.6 is 11.6 Å². The molecule has 1 N–H and O–H groups in total. The molecule has 0 aliphatic heterocycles. The van der Waals surface area contributed by atoms with Gasteiger partial charge in [-0.25, -0.2) is 14.4 Å². The van der Waals surface area contributed by atoms with Crippen LogP contribution in [0.2, 0.25) is 5.02 Å². The lowest BCUT2D eigenvalue weighted by Gasteiger charge is -2.04. The third kappa shape index (κ3) is 1.66. The van der Waals surface area contributed by atoms with Gasteiger partial charge in [0.25, 0.3) is 0 Å². The number of aromatic nitrogens is 3. The molecule has 2 heterocycles. The average molecular weight is 248 g/mol. The molecule has 0 aliphatic rings. The standard InChI is InChI=1S/C12H7ClFN3/c13-10-5-7(14)1-2-8(10)11-9-3-4-15-12(9)17-6-16-11/h1-6H,(H,15,16,17). The molecule has 0 radical (unpaired) electrons. The number of fused-ring (bicyclic) bond motifs is 1. The van der Waals surface area contributed by atoms with Crippen molar-refractivity contribution in [1.29, 1.82) is 0 Å². The van der Waals surface area contributed by atoms with Crippen molar-refractivity contribution in [3.8, 4) is 11.3 Å². The highest BCUT2D eigenvalue weighted by molar-refractivity contribution is 6.33. The Morgan fingerprint density at radius 1 is 1.18 bits per heavy atom. The zero-order chi connectivity index (χ0) is 11.8. The van der Waals surface area contributed by atoms with Crippen LogP contribution in [0.5, 0.6) is 0 Å². The van der Waals surface area contributed by atoms with Gasteiger partial charge in [-0.3, -0.25) is 0 Å². The van der Waals surface area contributed by atoms with Crippen LogP contribution in [0.15, 0.2) is 36.8 Å². The fourth-order valence-electron chi connectivity index (χ4n) is 1.77. The first kappa shape index (κ1) is 10.2. The molecule has 3 rings (SSSR count). The molecular weight excluding hydrogens is 241 g/mol. The van der Waals surface area contributed by atoms with Crippen LogP contribution < -0.4 is 0 Å². The Balaban J connectivity index is 2.30. The third-order valence-corrected chi connectivity index (χ3v) is 2.85. The summed E-state index contributed by atoms with van der Waals surface area (Å²) in [7, 11) is 0. The molecule has 0 spiro atoms. The molecule has 84 valence electrons. The summed E-state index contributed by atoms with van der Waals surface area (Å²) in [6.45, 7) is 0. The summed E-state index contributed by atoms with van der Waals surface area (Å²) in [5, 5.41) is 1.20. The van der Waals surface area contributed by atoms with E-state index in [1.54, 1.807) is 12.3 Å². The van der Waals surface area contributed by atoms with E-state index in [0.29, 0.717) is 16.3 Å². The van der Waals surface area contributed by atoms with E-state index >= 15 is 0 Å². The van der Waals surface area contributed by atoms with Crippen molar-refractivity contribution in [2.45, 2.75) is 0 Å². The fourth-order valence-corrected chi connectivity index (χ4v) is 2.03. The third-order valence-electron chi connectivity index (χ3n) is 2.54. The van der Waals surface area contributed by atoms with Crippen molar-refractivity contribution in [3.05, 3.63) is 47.6 Å². The number of H-pyrrole nitrogens is 1. The largest absolute Gasteiger partial charge is 0.346 e. The maximum absolute atomic E-state index is 13.0. The predicted molar refractivity (Wildman–Crippen MR) is 64.3 cm³/mol. The summed E-state index contributed by atoms with van der Waals surface area (Å²) in [6.07, 6.45) is 3.23. The number of aromatic amines is 1. The van der Waals surface area contributed by atoms with Gasteiger partial charge in [-0.15, -0.1) is 0 Å². The summed E-state index contributed by atoms with van der Waals surface area (Å²) in [5.41, 5.74) is 2.12. The topological polar surface area (TPSA) is 41.6 Å². The summed E-state index contributed by atoms with van der Waals surface area (Å²) in [4.78, 5) is 11.3. The molecule has 0 unspecified atom stereocenters. The molecule has 0 bridgehead atoms. The summed E-state index contributed by atoms with van der Waals surface area (Å²) < 4.78 is 13.0. The van der Waals surface area contributed by atoms with Gasteiger partial charge >= 0.3 is 0 Å². The van der Waals surface area contributed by atoms with Gasteiger partial charge < -0.3 is 4.98 Å². The number of halogens is 2. The van der Waals surface area contributed by atoms with E-state index in [0.717, 1.165) is 11.0 Å². The van der Waals surface area contributed by atoms with Gasteiger partial charge in [-0.2, -0.15) is 0 Å². The van der Waals surface area contributed by atoms with Gasteiger partial charge in [0.15, 0.2) is 0 Å². The molecule has 0 saturated heterocycles. The molecular formula is C12H7ClFN3. The predicted octanol–water partition coefficient (Wildman–Crippen LogP) is 3.42. The molecule has 3 aromatic rings. The Bertz CT molecular complexity index is 693. The Morgan fingerprint density at radius 3 is 2.88 bits per heavy atom. The van der Waals surface area contributed by atoms with E-state index < -0.39 is 0 Å². The maximum Gasteiger partial charge on any atom is 0.141 e. The van der Waals surface area contributed by atoms with Gasteiger partial charge in [-0.05, 0) is 24.3 Å². The number of nitrogens with zero attached hydrogens (tertiary/aromatic N) is 2. The van der Waals surface area contributed by atoms with E-state index in [1.165, 1.54) is 18.5 Å². The van der Waals surface area contributed by atoms with Crippen LogP contribution in [0.4, 0.5) is 4.39 Å². The quantitative estimate of drug-likeness (QED) is 0.716. The van der Waals surface area contributed by atoms with E-state index in [2.05, 4.69) is 15.0 Å². The van der Waals surface area contributed by atoms with Crippen LogP contribution in [0.1, 0.15) is 0 Å². The lowest BCUT2D eigenvalue weighted by Crippen LogP contribution is -1.88. The van der Waals surface area contributed by atoms with Crippen LogP contribution in [-0.2, 0) is 0 Å². The minimum absolute atomic E-state index is 0.339. The summed E-state index contributed by atoms with van der Waals surface area (Å²) in [5.74, 6) is -0.363. The first-order valence-electron chi connectivity index (χ1n) is 4.99. The van der Waals surface area contributed by atoms with Crippen molar-refractivity contribution >= 4 is 22.6 Å². The first-order valence-corrected chi connectivity index (χ1v) is 5.37. The van der Waals surface area contributed by atoms with E-state index in [1.807, 2.05) is 6.07 Å². The molecule has 3 nitrogen and oxygen atoms in total. The molecule has 0 amide bonds. The fraction of sp³-hybridized carbons (Fsp3) is 0. The number of rotatable bonds is 1. The van der Waals surface area contributed by atoms with Crippen LogP contribution in [0.3, 0.4) is 0 Å². The molecule has 0 saturated carbocycles. The van der Waals surface area contributed by atoms with E-state index in [9.17, 15) is 4.39 Å². The molecule has 0 aliphatic carbocycles. The normalized spacial score (nSPS) is 10.9. The van der Waals surface area contributed by atoms with Gasteiger partial charge in [0.05, 0.1) is 10.7 Å². The van der Waals surface area contributed by atoms with Gasteiger partial charge in [0.2, 0.25) is 0 Å². The van der Waals surface area contributed by atoms with Gasteiger partial charge in [0.1, 0.15) is 17.8 Å². The second-order valence-electron chi connectivity index (χ2n) is 3.59. The van der Waals surface area contributed by atoms with E-state index in [-0.39, 0.29) is 5.82 Å². The minimum Gasteiger partial charge on any atom is -0.346 e. The second-order valence-corrected chi connectivity index (χ2v) is 3.99. The lowest BCUT2D eigenvalue weighted by molar-refractivity contribution is 0.628. The highest BCUT2D eigenvalue weighted by Crippen LogP contribution is 2.30. The number of nitrogens with one attached hydrogen (secondary N) is 1. The molecule has 1 aromatic carbocycles. The molecule has 5 heteroatoms. The van der Waals surface area contributed by atoms with Crippen LogP contribution in [0.25, 0.3) is 22.3 Å². The Hall–Kier alpha value is -1.94. The molecule has 0 atom stereocenters. The first-order chi connectivity index (χ1) is 8.25. The zero-order valence-electron chi connectivity index (χ0n) is 8.61. The van der Waals surface area contributed by atoms with Crippen LogP contribution in [0, 0.1) is 5.82 Å². The Morgan fingerprint density at radius 2 is 2.06 bits per heavy atom. The van der Waals surface area contributed by atoms with Crippen molar-refractivity contribution in [2.75, 3.05) is 0 Å². The van der Waals surface area contributed by atoms with Crippen LogP contribution in [-0.4, -0.2) is 15.0 Å². The van der Waals surface area contributed by atoms with Crippen molar-refractivity contribution in [3.63, 3.8) is 0 Å². The van der Waals surface area contributed by atoms with Gasteiger partial charge in [0, 0.05) is 17.1 Å². The van der Waals surface area contributed by atoms with Crippen molar-refractivity contribution in [1.82, 2.24) is 15.0 Å². The summed E-state index contributed by atoms with van der Waals surface area (Å²) >= 11 is 6.02. The van der Waals surface area contributed by atoms with Crippen molar-refractivity contribution < 1.29 is 4.39 Å². The van der Waals surface area contributed by atoms with Gasteiger partial charge in [-0.1, -0.05) is 11.6 Å². The number of hydrogen-bond acceptors (Lipinski definition) is 2. The summed E-state index contributed by atoms with van der Waals surface area (Å²) in [6, 6.07) is 6.12. The highest BCUT2D eigenvalue weighted by atomic mass is 35.5. The molecule has 2 aromatic heterocycles. The second kappa shape index (κ2) is 3.82. The maximum atomic E-state index is 13.0. The van der Waals surface area contributed by atoms with E-state index in [4.69, 9.17) is 11.6 Å². The number of hydrogen-bond donors (Lipinski definition) is 1. The monoisotopic (exact) mass is 247 g/mol. The smallest absolute Gasteiger partial charge is 0.141 e.